The lowest BCUT2D eigenvalue weighted by Gasteiger charge is -2.31. The molecule has 6 nitrogen and oxygen atoms in total. The van der Waals surface area contributed by atoms with Crippen LogP contribution in [0, 0.1) is 5.92 Å². The standard InChI is InChI=1S/C19H23N3O3/c23-18(21-10-8-15(9-11-21)12-19(24)25)7-6-16-13-20-22(14-16)17-4-2-1-3-5-17/h1-5,13-15H,6-12H2,(H,24,25). The van der Waals surface area contributed by atoms with Gasteiger partial charge in [-0.15, -0.1) is 0 Å². The van der Waals surface area contributed by atoms with Gasteiger partial charge >= 0.3 is 5.97 Å². The molecule has 1 aliphatic heterocycles. The van der Waals surface area contributed by atoms with E-state index in [1.54, 1.807) is 6.20 Å². The van der Waals surface area contributed by atoms with Gasteiger partial charge < -0.3 is 10.0 Å². The number of nitrogens with zero attached hydrogens (tertiary/aromatic N) is 3. The molecule has 0 saturated carbocycles. The van der Waals surface area contributed by atoms with E-state index < -0.39 is 5.97 Å². The number of amides is 1. The number of carboxylic acid groups (broad SMARTS) is 1. The van der Waals surface area contributed by atoms with Crippen molar-refractivity contribution in [2.45, 2.75) is 32.1 Å². The lowest BCUT2D eigenvalue weighted by atomic mass is 9.93. The van der Waals surface area contributed by atoms with Crippen molar-refractivity contribution >= 4 is 11.9 Å². The molecule has 0 atom stereocenters. The van der Waals surface area contributed by atoms with Crippen LogP contribution in [0.1, 0.15) is 31.2 Å². The van der Waals surface area contributed by atoms with Gasteiger partial charge in [0.05, 0.1) is 11.9 Å². The van der Waals surface area contributed by atoms with Crippen LogP contribution < -0.4 is 0 Å². The van der Waals surface area contributed by atoms with Gasteiger partial charge in [-0.05, 0) is 42.9 Å². The molecule has 1 fully saturated rings. The molecular formula is C19H23N3O3. The average Bonchev–Trinajstić information content (AvgIpc) is 3.10. The molecule has 25 heavy (non-hydrogen) atoms. The minimum Gasteiger partial charge on any atom is -0.481 e. The second kappa shape index (κ2) is 7.96. The van der Waals surface area contributed by atoms with E-state index in [-0.39, 0.29) is 18.2 Å². The molecule has 1 amide bonds. The summed E-state index contributed by atoms with van der Waals surface area (Å²) in [4.78, 5) is 25.0. The third kappa shape index (κ3) is 4.68. The number of para-hydroxylation sites is 1. The number of aliphatic carboxylic acids is 1. The molecule has 1 N–H and O–H groups in total. The average molecular weight is 341 g/mol. The maximum atomic E-state index is 12.4. The molecule has 1 aromatic carbocycles. The Labute approximate surface area is 147 Å². The van der Waals surface area contributed by atoms with Gasteiger partial charge in [-0.25, -0.2) is 4.68 Å². The first kappa shape index (κ1) is 17.2. The molecule has 2 aromatic rings. The zero-order chi connectivity index (χ0) is 17.6. The van der Waals surface area contributed by atoms with Crippen LogP contribution >= 0.6 is 0 Å². The fourth-order valence-electron chi connectivity index (χ4n) is 3.25. The molecule has 1 aromatic heterocycles. The maximum absolute atomic E-state index is 12.4. The normalized spacial score (nSPS) is 15.3. The number of carbonyl (C=O) groups excluding carboxylic acids is 1. The quantitative estimate of drug-likeness (QED) is 0.876. The number of aromatic nitrogens is 2. The van der Waals surface area contributed by atoms with Crippen LogP contribution in [0.5, 0.6) is 0 Å². The highest BCUT2D eigenvalue weighted by atomic mass is 16.4. The number of carbonyl (C=O) groups is 2. The summed E-state index contributed by atoms with van der Waals surface area (Å²) in [5, 5.41) is 13.2. The molecule has 1 saturated heterocycles. The molecule has 0 spiro atoms. The third-order valence-electron chi connectivity index (χ3n) is 4.71. The number of piperidine rings is 1. The topological polar surface area (TPSA) is 75.4 Å². The van der Waals surface area contributed by atoms with E-state index in [9.17, 15) is 9.59 Å². The molecule has 132 valence electrons. The highest BCUT2D eigenvalue weighted by molar-refractivity contribution is 5.76. The Morgan fingerprint density at radius 1 is 1.16 bits per heavy atom. The van der Waals surface area contributed by atoms with Crippen LogP contribution in [-0.4, -0.2) is 44.8 Å². The number of hydrogen-bond acceptors (Lipinski definition) is 3. The maximum Gasteiger partial charge on any atom is 0.303 e. The lowest BCUT2D eigenvalue weighted by Crippen LogP contribution is -2.39. The van der Waals surface area contributed by atoms with Gasteiger partial charge in [0.2, 0.25) is 5.91 Å². The molecule has 6 heteroatoms. The van der Waals surface area contributed by atoms with Crippen molar-refractivity contribution < 1.29 is 14.7 Å². The first-order chi connectivity index (χ1) is 12.1. The Bertz CT molecular complexity index is 719. The van der Waals surface area contributed by atoms with Gasteiger partial charge in [0, 0.05) is 32.1 Å². The zero-order valence-corrected chi connectivity index (χ0v) is 14.2. The van der Waals surface area contributed by atoms with E-state index in [0.717, 1.165) is 24.1 Å². The minimum absolute atomic E-state index is 0.140. The summed E-state index contributed by atoms with van der Waals surface area (Å²) in [6.07, 6.45) is 6.67. The van der Waals surface area contributed by atoms with E-state index in [1.165, 1.54) is 0 Å². The second-order valence-electron chi connectivity index (χ2n) is 6.55. The third-order valence-corrected chi connectivity index (χ3v) is 4.71. The van der Waals surface area contributed by atoms with E-state index >= 15 is 0 Å². The first-order valence-electron chi connectivity index (χ1n) is 8.70. The Balaban J connectivity index is 1.47. The molecular weight excluding hydrogens is 318 g/mol. The summed E-state index contributed by atoms with van der Waals surface area (Å²) >= 11 is 0. The lowest BCUT2D eigenvalue weighted by molar-refractivity contribution is -0.138. The van der Waals surface area contributed by atoms with E-state index in [2.05, 4.69) is 5.10 Å². The SMILES string of the molecule is O=C(O)CC1CCN(C(=O)CCc2cnn(-c3ccccc3)c2)CC1. The smallest absolute Gasteiger partial charge is 0.303 e. The zero-order valence-electron chi connectivity index (χ0n) is 14.2. The summed E-state index contributed by atoms with van der Waals surface area (Å²) in [5.41, 5.74) is 2.04. The summed E-state index contributed by atoms with van der Waals surface area (Å²) in [6, 6.07) is 9.88. The number of rotatable bonds is 6. The van der Waals surface area contributed by atoms with Gasteiger partial charge in [-0.2, -0.15) is 5.10 Å². The molecule has 0 aliphatic carbocycles. The van der Waals surface area contributed by atoms with Crippen molar-refractivity contribution in [3.05, 3.63) is 48.3 Å². The number of hydrogen-bond donors (Lipinski definition) is 1. The molecule has 0 bridgehead atoms. The summed E-state index contributed by atoms with van der Waals surface area (Å²) < 4.78 is 1.82. The molecule has 1 aliphatic rings. The number of carboxylic acids is 1. The van der Waals surface area contributed by atoms with Crippen LogP contribution in [0.3, 0.4) is 0 Å². The largest absolute Gasteiger partial charge is 0.481 e. The Hall–Kier alpha value is -2.63. The minimum atomic E-state index is -0.750. The van der Waals surface area contributed by atoms with Crippen LogP contribution in [0.4, 0.5) is 0 Å². The van der Waals surface area contributed by atoms with Crippen LogP contribution in [0.25, 0.3) is 5.69 Å². The first-order valence-corrected chi connectivity index (χ1v) is 8.70. The predicted octanol–water partition coefficient (Wildman–Crippen LogP) is 2.52. The van der Waals surface area contributed by atoms with Crippen molar-refractivity contribution in [3.63, 3.8) is 0 Å². The second-order valence-corrected chi connectivity index (χ2v) is 6.55. The predicted molar refractivity (Wildman–Crippen MR) is 93.4 cm³/mol. The van der Waals surface area contributed by atoms with E-state index in [1.807, 2.05) is 46.1 Å². The highest BCUT2D eigenvalue weighted by Gasteiger charge is 2.24. The van der Waals surface area contributed by atoms with Crippen LogP contribution in [0.15, 0.2) is 42.7 Å². The van der Waals surface area contributed by atoms with Crippen molar-refractivity contribution in [2.75, 3.05) is 13.1 Å². The monoisotopic (exact) mass is 341 g/mol. The van der Waals surface area contributed by atoms with Crippen LogP contribution in [0.2, 0.25) is 0 Å². The van der Waals surface area contributed by atoms with Gasteiger partial charge in [-0.3, -0.25) is 9.59 Å². The summed E-state index contributed by atoms with van der Waals surface area (Å²) in [6.45, 7) is 1.33. The molecule has 0 unspecified atom stereocenters. The van der Waals surface area contributed by atoms with Crippen molar-refractivity contribution in [1.82, 2.24) is 14.7 Å². The summed E-state index contributed by atoms with van der Waals surface area (Å²) in [7, 11) is 0. The highest BCUT2D eigenvalue weighted by Crippen LogP contribution is 2.21. The number of benzene rings is 1. The van der Waals surface area contributed by atoms with Crippen molar-refractivity contribution in [1.29, 1.82) is 0 Å². The van der Waals surface area contributed by atoms with Gasteiger partial charge in [-0.1, -0.05) is 18.2 Å². The molecule has 0 radical (unpaired) electrons. The molecule has 2 heterocycles. The molecule has 3 rings (SSSR count). The fourth-order valence-corrected chi connectivity index (χ4v) is 3.25. The Morgan fingerprint density at radius 2 is 1.88 bits per heavy atom. The van der Waals surface area contributed by atoms with E-state index in [0.29, 0.717) is 25.9 Å². The number of likely N-dealkylation sites (tertiary alicyclic amines) is 1. The van der Waals surface area contributed by atoms with Gasteiger partial charge in [0.15, 0.2) is 0 Å². The van der Waals surface area contributed by atoms with Crippen molar-refractivity contribution in [3.8, 4) is 5.69 Å². The Kier molecular flexibility index (Phi) is 5.48. The number of aryl methyl sites for hydroxylation is 1. The summed E-state index contributed by atoms with van der Waals surface area (Å²) in [5.74, 6) is -0.410. The Morgan fingerprint density at radius 3 is 2.56 bits per heavy atom. The fraction of sp³-hybridized carbons (Fsp3) is 0.421. The van der Waals surface area contributed by atoms with Crippen LogP contribution in [-0.2, 0) is 16.0 Å². The van der Waals surface area contributed by atoms with E-state index in [4.69, 9.17) is 5.11 Å². The van der Waals surface area contributed by atoms with Gasteiger partial charge in [0.1, 0.15) is 0 Å². The van der Waals surface area contributed by atoms with Gasteiger partial charge in [0.25, 0.3) is 0 Å². The van der Waals surface area contributed by atoms with Crippen molar-refractivity contribution in [2.24, 2.45) is 5.92 Å².